The summed E-state index contributed by atoms with van der Waals surface area (Å²) in [5.74, 6) is 0.918. The summed E-state index contributed by atoms with van der Waals surface area (Å²) in [6.07, 6.45) is 1.98. The summed E-state index contributed by atoms with van der Waals surface area (Å²) in [7, 11) is -0.235. The normalized spacial score (nSPS) is 16.5. The third kappa shape index (κ3) is 3.32. The molecular formula is C19H31NO2Si. The first kappa shape index (κ1) is 18.1. The van der Waals surface area contributed by atoms with Gasteiger partial charge in [0, 0.05) is 5.56 Å². The fourth-order valence-electron chi connectivity index (χ4n) is 4.12. The number of nitrogens with zero attached hydrogens (tertiary/aromatic N) is 1. The van der Waals surface area contributed by atoms with Gasteiger partial charge >= 0.3 is 0 Å². The Morgan fingerprint density at radius 2 is 1.57 bits per heavy atom. The molecule has 1 aromatic rings. The molecule has 0 aromatic heterocycles. The molecule has 0 saturated carbocycles. The third-order valence-electron chi connectivity index (χ3n) is 5.28. The first-order valence-electron chi connectivity index (χ1n) is 8.75. The van der Waals surface area contributed by atoms with E-state index in [4.69, 9.17) is 14.4 Å². The highest BCUT2D eigenvalue weighted by Crippen LogP contribution is 2.42. The monoisotopic (exact) mass is 333 g/mol. The Morgan fingerprint density at radius 1 is 0.957 bits per heavy atom. The van der Waals surface area contributed by atoms with Gasteiger partial charge in [-0.15, -0.1) is 5.16 Å². The van der Waals surface area contributed by atoms with Gasteiger partial charge in [-0.1, -0.05) is 41.5 Å². The fraction of sp³-hybridized carbons (Fsp3) is 0.632. The molecular weight excluding hydrogens is 302 g/mol. The molecule has 1 aliphatic carbocycles. The van der Waals surface area contributed by atoms with Crippen molar-refractivity contribution in [3.8, 4) is 5.75 Å². The average Bonchev–Trinajstić information content (AvgIpc) is 2.89. The standard InChI is InChI=1S/C19H31NO2Si/c1-13(2)23(14(3)4,15(5)6)22-20-19-11-8-16-12-17(21-7)9-10-18(16)19/h9-10,12-15H,8,11H2,1-7H3/b20-19-. The Kier molecular flexibility index (Phi) is 5.56. The van der Waals surface area contributed by atoms with Gasteiger partial charge in [0.2, 0.25) is 0 Å². The molecule has 0 unspecified atom stereocenters. The smallest absolute Gasteiger partial charge is 0.295 e. The van der Waals surface area contributed by atoms with E-state index in [1.165, 1.54) is 11.1 Å². The van der Waals surface area contributed by atoms with Crippen LogP contribution in [0.15, 0.2) is 23.4 Å². The molecule has 4 heteroatoms. The number of benzene rings is 1. The van der Waals surface area contributed by atoms with Crippen LogP contribution in [0.3, 0.4) is 0 Å². The number of aryl methyl sites for hydroxylation is 1. The van der Waals surface area contributed by atoms with Crippen LogP contribution in [0.25, 0.3) is 0 Å². The molecule has 0 aliphatic heterocycles. The van der Waals surface area contributed by atoms with E-state index in [9.17, 15) is 0 Å². The van der Waals surface area contributed by atoms with Crippen LogP contribution in [-0.2, 0) is 10.9 Å². The van der Waals surface area contributed by atoms with Gasteiger partial charge in [0.1, 0.15) is 5.75 Å². The summed E-state index contributed by atoms with van der Waals surface area (Å²) in [6, 6.07) is 6.25. The van der Waals surface area contributed by atoms with Gasteiger partial charge < -0.3 is 9.26 Å². The summed E-state index contributed by atoms with van der Waals surface area (Å²) in [6.45, 7) is 13.7. The molecule has 0 fully saturated rings. The minimum atomic E-state index is -1.95. The number of oxime groups is 1. The molecule has 2 rings (SSSR count). The maximum atomic E-state index is 6.41. The van der Waals surface area contributed by atoms with E-state index in [1.54, 1.807) is 7.11 Å². The molecule has 0 heterocycles. The number of hydrogen-bond donors (Lipinski definition) is 0. The zero-order valence-electron chi connectivity index (χ0n) is 15.6. The van der Waals surface area contributed by atoms with E-state index in [0.29, 0.717) is 16.6 Å². The zero-order chi connectivity index (χ0) is 17.2. The molecule has 0 bridgehead atoms. The maximum absolute atomic E-state index is 6.41. The van der Waals surface area contributed by atoms with Gasteiger partial charge in [-0.2, -0.15) is 0 Å². The molecule has 0 saturated heterocycles. The number of ether oxygens (including phenoxy) is 1. The molecule has 128 valence electrons. The predicted octanol–water partition coefficient (Wildman–Crippen LogP) is 5.54. The summed E-state index contributed by atoms with van der Waals surface area (Å²) < 4.78 is 11.7. The number of hydrogen-bond acceptors (Lipinski definition) is 3. The zero-order valence-corrected chi connectivity index (χ0v) is 16.6. The largest absolute Gasteiger partial charge is 0.497 e. The Morgan fingerprint density at radius 3 is 2.09 bits per heavy atom. The predicted molar refractivity (Wildman–Crippen MR) is 100.0 cm³/mol. The summed E-state index contributed by atoms with van der Waals surface area (Å²) in [5, 5.41) is 4.69. The highest BCUT2D eigenvalue weighted by atomic mass is 28.4. The Labute approximate surface area is 142 Å². The van der Waals surface area contributed by atoms with Crippen LogP contribution in [0.4, 0.5) is 0 Å². The lowest BCUT2D eigenvalue weighted by molar-refractivity contribution is 0.296. The molecule has 1 aromatic carbocycles. The third-order valence-corrected chi connectivity index (χ3v) is 11.1. The van der Waals surface area contributed by atoms with Crippen LogP contribution in [-0.4, -0.2) is 21.1 Å². The van der Waals surface area contributed by atoms with Crippen LogP contribution in [0.5, 0.6) is 5.75 Å². The van der Waals surface area contributed by atoms with E-state index >= 15 is 0 Å². The first-order chi connectivity index (χ1) is 10.8. The van der Waals surface area contributed by atoms with Crippen LogP contribution in [0.2, 0.25) is 16.6 Å². The van der Waals surface area contributed by atoms with Crippen molar-refractivity contribution in [2.75, 3.05) is 7.11 Å². The molecule has 3 nitrogen and oxygen atoms in total. The first-order valence-corrected chi connectivity index (χ1v) is 10.9. The van der Waals surface area contributed by atoms with Gasteiger partial charge in [0.15, 0.2) is 0 Å². The summed E-state index contributed by atoms with van der Waals surface area (Å²) >= 11 is 0. The van der Waals surface area contributed by atoms with E-state index in [0.717, 1.165) is 24.3 Å². The highest BCUT2D eigenvalue weighted by Gasteiger charge is 2.48. The van der Waals surface area contributed by atoms with E-state index in [1.807, 2.05) is 6.07 Å². The van der Waals surface area contributed by atoms with Gasteiger partial charge in [-0.05, 0) is 53.2 Å². The lowest BCUT2D eigenvalue weighted by atomic mass is 10.1. The van der Waals surface area contributed by atoms with E-state index in [2.05, 4.69) is 53.7 Å². The maximum Gasteiger partial charge on any atom is 0.295 e. The molecule has 0 radical (unpaired) electrons. The quantitative estimate of drug-likeness (QED) is 0.505. The topological polar surface area (TPSA) is 30.8 Å². The van der Waals surface area contributed by atoms with Crippen molar-refractivity contribution in [3.63, 3.8) is 0 Å². The molecule has 23 heavy (non-hydrogen) atoms. The molecule has 0 N–H and O–H groups in total. The molecule has 0 atom stereocenters. The van der Waals surface area contributed by atoms with Crippen LogP contribution < -0.4 is 4.74 Å². The van der Waals surface area contributed by atoms with E-state index < -0.39 is 8.32 Å². The number of methoxy groups -OCH3 is 1. The summed E-state index contributed by atoms with van der Waals surface area (Å²) in [4.78, 5) is 0. The van der Waals surface area contributed by atoms with Crippen molar-refractivity contribution < 1.29 is 9.26 Å². The second-order valence-corrected chi connectivity index (χ2v) is 12.8. The van der Waals surface area contributed by atoms with Crippen LogP contribution >= 0.6 is 0 Å². The minimum absolute atomic E-state index is 0.545. The number of rotatable bonds is 6. The van der Waals surface area contributed by atoms with Crippen molar-refractivity contribution in [1.82, 2.24) is 0 Å². The van der Waals surface area contributed by atoms with Crippen LogP contribution in [0.1, 0.15) is 59.1 Å². The summed E-state index contributed by atoms with van der Waals surface area (Å²) in [5.41, 5.74) is 5.28. The Hall–Kier alpha value is -1.29. The molecule has 1 aliphatic rings. The second-order valence-electron chi connectivity index (χ2n) is 7.47. The van der Waals surface area contributed by atoms with Crippen molar-refractivity contribution in [3.05, 3.63) is 29.3 Å². The van der Waals surface area contributed by atoms with Crippen molar-refractivity contribution >= 4 is 14.0 Å². The molecule has 0 spiro atoms. The Balaban J connectivity index is 2.30. The van der Waals surface area contributed by atoms with E-state index in [-0.39, 0.29) is 0 Å². The van der Waals surface area contributed by atoms with Gasteiger partial charge in [0.05, 0.1) is 12.8 Å². The average molecular weight is 334 g/mol. The lowest BCUT2D eigenvalue weighted by Gasteiger charge is -2.39. The fourth-order valence-corrected chi connectivity index (χ4v) is 9.02. The van der Waals surface area contributed by atoms with Crippen molar-refractivity contribution in [2.45, 2.75) is 71.0 Å². The van der Waals surface area contributed by atoms with Crippen LogP contribution in [0, 0.1) is 0 Å². The second kappa shape index (κ2) is 7.08. The van der Waals surface area contributed by atoms with Gasteiger partial charge in [0.25, 0.3) is 8.32 Å². The highest BCUT2D eigenvalue weighted by molar-refractivity contribution is 6.77. The van der Waals surface area contributed by atoms with Gasteiger partial charge in [-0.25, -0.2) is 0 Å². The Bertz CT molecular complexity index is 557. The lowest BCUT2D eigenvalue weighted by Crippen LogP contribution is -2.46. The van der Waals surface area contributed by atoms with Crippen molar-refractivity contribution in [1.29, 1.82) is 0 Å². The minimum Gasteiger partial charge on any atom is -0.497 e. The molecule has 0 amide bonds. The number of fused-ring (bicyclic) bond motifs is 1. The SMILES string of the molecule is COc1ccc2c(c1)CC/C2=N/O[Si](C(C)C)(C(C)C)C(C)C. The van der Waals surface area contributed by atoms with Gasteiger partial charge in [-0.3, -0.25) is 0 Å². The van der Waals surface area contributed by atoms with Crippen molar-refractivity contribution in [2.24, 2.45) is 5.16 Å².